The molecule has 1 saturated heterocycles. The van der Waals surface area contributed by atoms with Crippen molar-refractivity contribution in [1.29, 1.82) is 0 Å². The number of rotatable bonds is 3. The van der Waals surface area contributed by atoms with Crippen LogP contribution in [0.15, 0.2) is 23.1 Å². The second-order valence-electron chi connectivity index (χ2n) is 5.67. The number of aryl methyl sites for hydroxylation is 1. The Morgan fingerprint density at radius 3 is 2.70 bits per heavy atom. The molecule has 0 aromatic heterocycles. The van der Waals surface area contributed by atoms with Gasteiger partial charge in [0.25, 0.3) is 0 Å². The molecule has 0 N–H and O–H groups in total. The van der Waals surface area contributed by atoms with Gasteiger partial charge in [-0.15, -0.1) is 11.6 Å². The Labute approximate surface area is 130 Å². The zero-order valence-electron chi connectivity index (χ0n) is 12.0. The number of benzene rings is 1. The maximum atomic E-state index is 12.7. The van der Waals surface area contributed by atoms with E-state index in [1.165, 1.54) is 0 Å². The first kappa shape index (κ1) is 16.1. The van der Waals surface area contributed by atoms with Crippen LogP contribution in [0.25, 0.3) is 0 Å². The van der Waals surface area contributed by atoms with Crippen molar-refractivity contribution in [2.75, 3.05) is 18.8 Å². The molecule has 0 unspecified atom stereocenters. The van der Waals surface area contributed by atoms with Crippen LogP contribution in [0.1, 0.15) is 25.0 Å². The molecule has 0 bridgehead atoms. The number of halogens is 1. The van der Waals surface area contributed by atoms with Crippen LogP contribution in [0.4, 0.5) is 0 Å². The molecule has 0 atom stereocenters. The van der Waals surface area contributed by atoms with E-state index >= 15 is 0 Å². The summed E-state index contributed by atoms with van der Waals surface area (Å²) in [6.45, 7) is 7.22. The standard InChI is InChI=1S/C14H20ClNO2S2/c1-11-4-5-13(8-12(11)9-15)20(17,18)16-6-7-19-14(2,3)10-16/h4-5,8H,6-7,9-10H2,1-3H3. The van der Waals surface area contributed by atoms with Gasteiger partial charge in [-0.2, -0.15) is 16.1 Å². The molecule has 0 aliphatic carbocycles. The highest BCUT2D eigenvalue weighted by Crippen LogP contribution is 2.32. The third-order valence-corrected chi connectivity index (χ3v) is 6.92. The van der Waals surface area contributed by atoms with Crippen LogP contribution in [0.2, 0.25) is 0 Å². The van der Waals surface area contributed by atoms with Crippen molar-refractivity contribution in [3.8, 4) is 0 Å². The Morgan fingerprint density at radius 1 is 1.40 bits per heavy atom. The average molecular weight is 334 g/mol. The van der Waals surface area contributed by atoms with Crippen molar-refractivity contribution in [2.24, 2.45) is 0 Å². The molecule has 20 heavy (non-hydrogen) atoms. The fourth-order valence-corrected chi connectivity index (χ4v) is 5.53. The van der Waals surface area contributed by atoms with E-state index in [1.54, 1.807) is 16.4 Å². The Hall–Kier alpha value is -0.230. The minimum atomic E-state index is -3.42. The number of hydrogen-bond donors (Lipinski definition) is 0. The van der Waals surface area contributed by atoms with Gasteiger partial charge in [0.05, 0.1) is 4.90 Å². The van der Waals surface area contributed by atoms with Gasteiger partial charge in [0.15, 0.2) is 0 Å². The summed E-state index contributed by atoms with van der Waals surface area (Å²) >= 11 is 7.69. The highest BCUT2D eigenvalue weighted by molar-refractivity contribution is 8.00. The maximum Gasteiger partial charge on any atom is 0.243 e. The summed E-state index contributed by atoms with van der Waals surface area (Å²) in [7, 11) is -3.42. The van der Waals surface area contributed by atoms with E-state index in [2.05, 4.69) is 13.8 Å². The van der Waals surface area contributed by atoms with E-state index in [4.69, 9.17) is 11.6 Å². The van der Waals surface area contributed by atoms with Crippen LogP contribution in [-0.4, -0.2) is 36.3 Å². The molecule has 1 aromatic rings. The molecule has 2 rings (SSSR count). The topological polar surface area (TPSA) is 37.4 Å². The lowest BCUT2D eigenvalue weighted by atomic mass is 10.1. The molecule has 1 fully saturated rings. The average Bonchev–Trinajstić information content (AvgIpc) is 2.37. The summed E-state index contributed by atoms with van der Waals surface area (Å²) in [5, 5.41) is 0. The third kappa shape index (κ3) is 3.32. The molecule has 1 aliphatic rings. The van der Waals surface area contributed by atoms with Crippen molar-refractivity contribution in [1.82, 2.24) is 4.31 Å². The quantitative estimate of drug-likeness (QED) is 0.797. The van der Waals surface area contributed by atoms with Gasteiger partial charge in [-0.1, -0.05) is 6.07 Å². The first-order chi connectivity index (χ1) is 9.26. The molecule has 1 aliphatic heterocycles. The number of thioether (sulfide) groups is 1. The summed E-state index contributed by atoms with van der Waals surface area (Å²) in [5.41, 5.74) is 1.90. The van der Waals surface area contributed by atoms with E-state index in [1.807, 2.05) is 24.8 Å². The normalized spacial score (nSPS) is 20.0. The van der Waals surface area contributed by atoms with Crippen LogP contribution >= 0.6 is 23.4 Å². The number of alkyl halides is 1. The molecule has 0 amide bonds. The van der Waals surface area contributed by atoms with E-state index in [0.29, 0.717) is 23.9 Å². The molecule has 3 nitrogen and oxygen atoms in total. The van der Waals surface area contributed by atoms with Crippen molar-refractivity contribution in [3.63, 3.8) is 0 Å². The SMILES string of the molecule is Cc1ccc(S(=O)(=O)N2CCSC(C)(C)C2)cc1CCl. The highest BCUT2D eigenvalue weighted by atomic mass is 35.5. The Kier molecular flexibility index (Phi) is 4.74. The Bertz CT molecular complexity index is 599. The third-order valence-electron chi connectivity index (χ3n) is 3.49. The lowest BCUT2D eigenvalue weighted by Crippen LogP contribution is -2.46. The summed E-state index contributed by atoms with van der Waals surface area (Å²) in [6, 6.07) is 5.20. The van der Waals surface area contributed by atoms with Crippen LogP contribution in [0.5, 0.6) is 0 Å². The van der Waals surface area contributed by atoms with Gasteiger partial charge in [-0.25, -0.2) is 8.42 Å². The monoisotopic (exact) mass is 333 g/mol. The van der Waals surface area contributed by atoms with Crippen LogP contribution in [0, 0.1) is 6.92 Å². The van der Waals surface area contributed by atoms with E-state index in [0.717, 1.165) is 16.9 Å². The minimum absolute atomic E-state index is 0.0364. The van der Waals surface area contributed by atoms with Crippen LogP contribution < -0.4 is 0 Å². The predicted octanol–water partition coefficient (Wildman–Crippen LogP) is 3.25. The summed E-state index contributed by atoms with van der Waals surface area (Å²) < 4.78 is 27.0. The van der Waals surface area contributed by atoms with Gasteiger partial charge in [0, 0.05) is 29.5 Å². The van der Waals surface area contributed by atoms with E-state index < -0.39 is 10.0 Å². The zero-order valence-corrected chi connectivity index (χ0v) is 14.4. The van der Waals surface area contributed by atoms with E-state index in [9.17, 15) is 8.42 Å². The molecular weight excluding hydrogens is 314 g/mol. The van der Waals surface area contributed by atoms with Crippen LogP contribution in [0.3, 0.4) is 0 Å². The predicted molar refractivity (Wildman–Crippen MR) is 86.0 cm³/mol. The first-order valence-corrected chi connectivity index (χ1v) is 9.52. The molecule has 0 spiro atoms. The lowest BCUT2D eigenvalue weighted by molar-refractivity contribution is 0.387. The molecule has 1 heterocycles. The number of sulfonamides is 1. The van der Waals surface area contributed by atoms with Gasteiger partial charge < -0.3 is 0 Å². The summed E-state index contributed by atoms with van der Waals surface area (Å²) in [6.07, 6.45) is 0. The number of hydrogen-bond acceptors (Lipinski definition) is 3. The second-order valence-corrected chi connectivity index (χ2v) is 9.68. The van der Waals surface area contributed by atoms with Crippen molar-refractivity contribution < 1.29 is 8.42 Å². The van der Waals surface area contributed by atoms with Crippen molar-refractivity contribution >= 4 is 33.4 Å². The molecule has 0 saturated carbocycles. The lowest BCUT2D eigenvalue weighted by Gasteiger charge is -2.36. The first-order valence-electron chi connectivity index (χ1n) is 6.56. The van der Waals surface area contributed by atoms with Gasteiger partial charge in [-0.3, -0.25) is 0 Å². The zero-order chi connectivity index (χ0) is 15.0. The highest BCUT2D eigenvalue weighted by Gasteiger charge is 2.34. The van der Waals surface area contributed by atoms with Crippen LogP contribution in [-0.2, 0) is 15.9 Å². The minimum Gasteiger partial charge on any atom is -0.207 e. The van der Waals surface area contributed by atoms with Gasteiger partial charge in [0.2, 0.25) is 10.0 Å². The molecule has 0 radical (unpaired) electrons. The smallest absolute Gasteiger partial charge is 0.207 e. The molecule has 1 aromatic carbocycles. The van der Waals surface area contributed by atoms with E-state index in [-0.39, 0.29) is 4.75 Å². The Morgan fingerprint density at radius 2 is 2.10 bits per heavy atom. The molecule has 112 valence electrons. The fourth-order valence-electron chi connectivity index (χ4n) is 2.28. The fraction of sp³-hybridized carbons (Fsp3) is 0.571. The van der Waals surface area contributed by atoms with Gasteiger partial charge >= 0.3 is 0 Å². The number of nitrogens with zero attached hydrogens (tertiary/aromatic N) is 1. The largest absolute Gasteiger partial charge is 0.243 e. The van der Waals surface area contributed by atoms with Gasteiger partial charge in [-0.05, 0) is 44.0 Å². The molecule has 6 heteroatoms. The molecular formula is C14H20ClNO2S2. The van der Waals surface area contributed by atoms with Crippen molar-refractivity contribution in [3.05, 3.63) is 29.3 Å². The maximum absolute atomic E-state index is 12.7. The van der Waals surface area contributed by atoms with Crippen molar-refractivity contribution in [2.45, 2.75) is 36.3 Å². The van der Waals surface area contributed by atoms with Gasteiger partial charge in [0.1, 0.15) is 0 Å². The summed E-state index contributed by atoms with van der Waals surface area (Å²) in [5.74, 6) is 1.16. The second kappa shape index (κ2) is 5.87. The summed E-state index contributed by atoms with van der Waals surface area (Å²) in [4.78, 5) is 0.349. The Balaban J connectivity index is 2.35.